The summed E-state index contributed by atoms with van der Waals surface area (Å²) in [5, 5.41) is 0. The highest BCUT2D eigenvalue weighted by atomic mass is 35.5. The topological polar surface area (TPSA) is 52.3 Å². The maximum Gasteiger partial charge on any atom is 0.302 e. The van der Waals surface area contributed by atoms with Crippen molar-refractivity contribution in [1.29, 1.82) is 0 Å². The van der Waals surface area contributed by atoms with Crippen LogP contribution in [0.1, 0.15) is 12.5 Å². The van der Waals surface area contributed by atoms with Crippen molar-refractivity contribution in [3.63, 3.8) is 0 Å². The average Bonchev–Trinajstić information content (AvgIpc) is 2.01. The maximum atomic E-state index is 10.4. The van der Waals surface area contributed by atoms with Gasteiger partial charge in [-0.05, 0) is 17.7 Å². The van der Waals surface area contributed by atoms with Gasteiger partial charge in [-0.1, -0.05) is 12.1 Å². The number of carbonyl (C=O) groups is 1. The molecule has 0 bridgehead atoms. The number of anilines is 1. The second kappa shape index (κ2) is 5.43. The Morgan fingerprint density at radius 3 is 2.77 bits per heavy atom. The average molecular weight is 202 g/mol. The molecule has 0 unspecified atom stereocenters. The summed E-state index contributed by atoms with van der Waals surface area (Å²) in [7, 11) is 0. The van der Waals surface area contributed by atoms with Gasteiger partial charge >= 0.3 is 5.97 Å². The molecule has 0 aliphatic heterocycles. The highest BCUT2D eigenvalue weighted by Gasteiger charge is 1.95. The van der Waals surface area contributed by atoms with Crippen molar-refractivity contribution < 1.29 is 9.53 Å². The van der Waals surface area contributed by atoms with Crippen LogP contribution in [0.4, 0.5) is 5.69 Å². The fraction of sp³-hybridized carbons (Fsp3) is 0.222. The van der Waals surface area contributed by atoms with Gasteiger partial charge in [-0.2, -0.15) is 0 Å². The first-order valence-corrected chi connectivity index (χ1v) is 3.66. The molecule has 0 radical (unpaired) electrons. The molecule has 2 N–H and O–H groups in total. The predicted octanol–water partition coefficient (Wildman–Crippen LogP) is 1.75. The van der Waals surface area contributed by atoms with Crippen molar-refractivity contribution >= 4 is 24.1 Å². The van der Waals surface area contributed by atoms with Crippen LogP contribution in [0.3, 0.4) is 0 Å². The SMILES string of the molecule is CC(=O)OCc1cccc(N)c1.Cl. The lowest BCUT2D eigenvalue weighted by Gasteiger charge is -2.01. The number of nitrogens with two attached hydrogens (primary N) is 1. The highest BCUT2D eigenvalue weighted by Crippen LogP contribution is 2.07. The summed E-state index contributed by atoms with van der Waals surface area (Å²) < 4.78 is 4.79. The summed E-state index contributed by atoms with van der Waals surface area (Å²) in [5.41, 5.74) is 7.11. The lowest BCUT2D eigenvalue weighted by molar-refractivity contribution is -0.142. The summed E-state index contributed by atoms with van der Waals surface area (Å²) in [5.74, 6) is -0.280. The number of hydrogen-bond acceptors (Lipinski definition) is 3. The van der Waals surface area contributed by atoms with E-state index in [4.69, 9.17) is 10.5 Å². The minimum absolute atomic E-state index is 0. The standard InChI is InChI=1S/C9H11NO2.ClH/c1-7(11)12-6-8-3-2-4-9(10)5-8;/h2-5H,6,10H2,1H3;1H. The number of hydrogen-bond donors (Lipinski definition) is 1. The van der Waals surface area contributed by atoms with E-state index in [2.05, 4.69) is 0 Å². The molecule has 0 fully saturated rings. The van der Waals surface area contributed by atoms with Crippen LogP contribution in [0, 0.1) is 0 Å². The second-order valence-corrected chi connectivity index (χ2v) is 2.53. The molecule has 0 saturated heterocycles. The van der Waals surface area contributed by atoms with E-state index in [0.29, 0.717) is 12.3 Å². The quantitative estimate of drug-likeness (QED) is 0.586. The predicted molar refractivity (Wildman–Crippen MR) is 53.6 cm³/mol. The Hall–Kier alpha value is -1.22. The van der Waals surface area contributed by atoms with Gasteiger partial charge < -0.3 is 10.5 Å². The van der Waals surface area contributed by atoms with E-state index in [1.54, 1.807) is 12.1 Å². The Balaban J connectivity index is 0.00000144. The van der Waals surface area contributed by atoms with Gasteiger partial charge in [-0.15, -0.1) is 12.4 Å². The van der Waals surface area contributed by atoms with Crippen molar-refractivity contribution in [2.24, 2.45) is 0 Å². The zero-order valence-corrected chi connectivity index (χ0v) is 8.14. The van der Waals surface area contributed by atoms with Gasteiger partial charge in [0.2, 0.25) is 0 Å². The van der Waals surface area contributed by atoms with Crippen LogP contribution in [0.2, 0.25) is 0 Å². The fourth-order valence-electron chi connectivity index (χ4n) is 0.868. The van der Waals surface area contributed by atoms with Gasteiger partial charge in [0.1, 0.15) is 6.61 Å². The Bertz CT molecular complexity index is 289. The molecule has 0 spiro atoms. The molecule has 0 atom stereocenters. The lowest BCUT2D eigenvalue weighted by Crippen LogP contribution is -1.99. The number of benzene rings is 1. The molecular weight excluding hydrogens is 190 g/mol. The molecule has 0 aliphatic rings. The van der Waals surface area contributed by atoms with E-state index in [0.717, 1.165) is 5.56 Å². The molecule has 1 aromatic rings. The molecule has 0 amide bonds. The Kier molecular flexibility index (Phi) is 4.92. The molecule has 3 nitrogen and oxygen atoms in total. The third-order valence-corrected chi connectivity index (χ3v) is 1.39. The molecular formula is C9H12ClNO2. The largest absolute Gasteiger partial charge is 0.461 e. The number of nitrogen functional groups attached to an aromatic ring is 1. The van der Waals surface area contributed by atoms with Gasteiger partial charge in [0, 0.05) is 12.6 Å². The van der Waals surface area contributed by atoms with E-state index < -0.39 is 0 Å². The highest BCUT2D eigenvalue weighted by molar-refractivity contribution is 5.85. The van der Waals surface area contributed by atoms with Gasteiger partial charge in [-0.25, -0.2) is 0 Å². The van der Waals surface area contributed by atoms with Crippen molar-refractivity contribution in [2.45, 2.75) is 13.5 Å². The summed E-state index contributed by atoms with van der Waals surface area (Å²) in [6, 6.07) is 7.26. The summed E-state index contributed by atoms with van der Waals surface area (Å²) >= 11 is 0. The molecule has 13 heavy (non-hydrogen) atoms. The molecule has 0 heterocycles. The van der Waals surface area contributed by atoms with Crippen LogP contribution in [0.25, 0.3) is 0 Å². The van der Waals surface area contributed by atoms with E-state index in [1.807, 2.05) is 12.1 Å². The van der Waals surface area contributed by atoms with Crippen LogP contribution in [0.5, 0.6) is 0 Å². The Morgan fingerprint density at radius 1 is 1.54 bits per heavy atom. The van der Waals surface area contributed by atoms with Crippen LogP contribution < -0.4 is 5.73 Å². The van der Waals surface area contributed by atoms with Crippen LogP contribution in [0.15, 0.2) is 24.3 Å². The van der Waals surface area contributed by atoms with E-state index >= 15 is 0 Å². The number of ether oxygens (including phenoxy) is 1. The van der Waals surface area contributed by atoms with Gasteiger partial charge in [0.05, 0.1) is 0 Å². The fourth-order valence-corrected chi connectivity index (χ4v) is 0.868. The van der Waals surface area contributed by atoms with Crippen LogP contribution in [-0.4, -0.2) is 5.97 Å². The summed E-state index contributed by atoms with van der Waals surface area (Å²) in [6.45, 7) is 1.67. The Morgan fingerprint density at radius 2 is 2.23 bits per heavy atom. The van der Waals surface area contributed by atoms with Gasteiger partial charge in [0.15, 0.2) is 0 Å². The molecule has 1 aromatic carbocycles. The zero-order chi connectivity index (χ0) is 8.97. The van der Waals surface area contributed by atoms with Gasteiger partial charge in [0.25, 0.3) is 0 Å². The third kappa shape index (κ3) is 4.38. The first-order chi connectivity index (χ1) is 5.68. The van der Waals surface area contributed by atoms with Crippen molar-refractivity contribution in [1.82, 2.24) is 0 Å². The van der Waals surface area contributed by atoms with E-state index in [1.165, 1.54) is 6.92 Å². The molecule has 1 rings (SSSR count). The Labute approximate surface area is 83.3 Å². The molecule has 0 aromatic heterocycles. The van der Waals surface area contributed by atoms with Crippen molar-refractivity contribution in [3.8, 4) is 0 Å². The van der Waals surface area contributed by atoms with E-state index in [9.17, 15) is 4.79 Å². The lowest BCUT2D eigenvalue weighted by atomic mass is 10.2. The first kappa shape index (κ1) is 11.8. The van der Waals surface area contributed by atoms with Gasteiger partial charge in [-0.3, -0.25) is 4.79 Å². The zero-order valence-electron chi connectivity index (χ0n) is 7.32. The van der Waals surface area contributed by atoms with Crippen molar-refractivity contribution in [3.05, 3.63) is 29.8 Å². The minimum Gasteiger partial charge on any atom is -0.461 e. The first-order valence-electron chi connectivity index (χ1n) is 3.66. The van der Waals surface area contributed by atoms with E-state index in [-0.39, 0.29) is 18.4 Å². The number of halogens is 1. The number of carbonyl (C=O) groups excluding carboxylic acids is 1. The third-order valence-electron chi connectivity index (χ3n) is 1.39. The molecule has 0 aliphatic carbocycles. The monoisotopic (exact) mass is 201 g/mol. The maximum absolute atomic E-state index is 10.4. The van der Waals surface area contributed by atoms with Crippen LogP contribution >= 0.6 is 12.4 Å². The second-order valence-electron chi connectivity index (χ2n) is 2.53. The molecule has 0 saturated carbocycles. The normalized spacial score (nSPS) is 8.69. The summed E-state index contributed by atoms with van der Waals surface area (Å²) in [4.78, 5) is 10.4. The summed E-state index contributed by atoms with van der Waals surface area (Å²) in [6.07, 6.45) is 0. The number of esters is 1. The molecule has 72 valence electrons. The number of rotatable bonds is 2. The van der Waals surface area contributed by atoms with Crippen LogP contribution in [-0.2, 0) is 16.1 Å². The smallest absolute Gasteiger partial charge is 0.302 e. The van der Waals surface area contributed by atoms with Crippen molar-refractivity contribution in [2.75, 3.05) is 5.73 Å². The molecule has 4 heteroatoms. The minimum atomic E-state index is -0.280.